The highest BCUT2D eigenvalue weighted by Gasteiger charge is 2.52. The molecule has 2 nitrogen and oxygen atoms in total. The quantitative estimate of drug-likeness (QED) is 0.624. The third-order valence-corrected chi connectivity index (χ3v) is 4.09. The van der Waals surface area contributed by atoms with Gasteiger partial charge in [-0.15, -0.1) is 23.2 Å². The van der Waals surface area contributed by atoms with Crippen LogP contribution < -0.4 is 0 Å². The predicted molar refractivity (Wildman–Crippen MR) is 68.3 cm³/mol. The van der Waals surface area contributed by atoms with Crippen molar-refractivity contribution in [3.8, 4) is 0 Å². The number of alkyl halides is 2. The van der Waals surface area contributed by atoms with E-state index < -0.39 is 27.9 Å². The number of ether oxygens (including phenoxy) is 1. The van der Waals surface area contributed by atoms with Gasteiger partial charge in [-0.1, -0.05) is 0 Å². The number of halogens is 4. The Kier molecular flexibility index (Phi) is 4.02. The average molecular weight is 309 g/mol. The van der Waals surface area contributed by atoms with Crippen LogP contribution in [0, 0.1) is 17.6 Å². The van der Waals surface area contributed by atoms with Gasteiger partial charge in [-0.3, -0.25) is 4.79 Å². The van der Waals surface area contributed by atoms with Gasteiger partial charge in [0.15, 0.2) is 0 Å². The van der Waals surface area contributed by atoms with Crippen molar-refractivity contribution in [2.75, 3.05) is 6.61 Å². The van der Waals surface area contributed by atoms with Crippen molar-refractivity contribution in [3.05, 3.63) is 35.4 Å². The Morgan fingerprint density at radius 1 is 1.53 bits per heavy atom. The third-order valence-electron chi connectivity index (χ3n) is 3.16. The Balaban J connectivity index is 1.97. The van der Waals surface area contributed by atoms with E-state index in [0.29, 0.717) is 6.42 Å². The van der Waals surface area contributed by atoms with Gasteiger partial charge in [-0.2, -0.15) is 0 Å². The molecule has 1 fully saturated rings. The number of hydrogen-bond acceptors (Lipinski definition) is 2. The average Bonchev–Trinajstić information content (AvgIpc) is 2.96. The fourth-order valence-electron chi connectivity index (χ4n) is 1.73. The Morgan fingerprint density at radius 3 is 2.74 bits per heavy atom. The number of carbonyl (C=O) groups is 1. The minimum absolute atomic E-state index is 0.0243. The van der Waals surface area contributed by atoms with Crippen LogP contribution in [0.15, 0.2) is 18.2 Å². The molecular weight excluding hydrogens is 297 g/mol. The van der Waals surface area contributed by atoms with Crippen LogP contribution in [0.3, 0.4) is 0 Å². The molecule has 2 atom stereocenters. The monoisotopic (exact) mass is 308 g/mol. The summed E-state index contributed by atoms with van der Waals surface area (Å²) >= 11 is 11.6. The molecule has 104 valence electrons. The number of hydrogen-bond donors (Lipinski definition) is 0. The predicted octanol–water partition coefficient (Wildman–Crippen LogP) is 3.81. The van der Waals surface area contributed by atoms with Crippen molar-refractivity contribution in [3.63, 3.8) is 0 Å². The summed E-state index contributed by atoms with van der Waals surface area (Å²) in [4.78, 5) is 11.8. The van der Waals surface area contributed by atoms with Gasteiger partial charge < -0.3 is 4.74 Å². The molecule has 0 amide bonds. The molecule has 0 N–H and O–H groups in total. The molecule has 2 rings (SSSR count). The molecule has 1 aliphatic rings. The minimum Gasteiger partial charge on any atom is -0.465 e. The van der Waals surface area contributed by atoms with Crippen LogP contribution in [-0.4, -0.2) is 16.9 Å². The first-order chi connectivity index (χ1) is 8.81. The van der Waals surface area contributed by atoms with Crippen LogP contribution in [0.1, 0.15) is 24.8 Å². The van der Waals surface area contributed by atoms with Crippen LogP contribution in [-0.2, 0) is 9.53 Å². The lowest BCUT2D eigenvalue weighted by molar-refractivity contribution is -0.145. The van der Waals surface area contributed by atoms with Crippen LogP contribution in [0.25, 0.3) is 0 Å². The van der Waals surface area contributed by atoms with Gasteiger partial charge in [0, 0.05) is 11.5 Å². The Morgan fingerprint density at radius 2 is 2.16 bits per heavy atom. The Hall–Kier alpha value is -0.870. The minimum atomic E-state index is -0.880. The van der Waals surface area contributed by atoms with E-state index in [-0.39, 0.29) is 18.1 Å². The summed E-state index contributed by atoms with van der Waals surface area (Å²) in [6.45, 7) is 1.55. The van der Waals surface area contributed by atoms with E-state index in [1.807, 2.05) is 0 Å². The van der Waals surface area contributed by atoms with Gasteiger partial charge in [0.1, 0.15) is 16.0 Å². The SMILES string of the molecule is CC(C(=O)OCC1CC1(Cl)Cl)c1cc(F)ccc1F. The Bertz CT molecular complexity index is 505. The molecule has 1 saturated carbocycles. The zero-order valence-corrected chi connectivity index (χ0v) is 11.6. The topological polar surface area (TPSA) is 26.3 Å². The van der Waals surface area contributed by atoms with Crippen molar-refractivity contribution in [1.29, 1.82) is 0 Å². The maximum absolute atomic E-state index is 13.5. The van der Waals surface area contributed by atoms with Crippen molar-refractivity contribution in [2.45, 2.75) is 23.6 Å². The number of esters is 1. The molecule has 2 unspecified atom stereocenters. The fourth-order valence-corrected chi connectivity index (χ4v) is 2.23. The summed E-state index contributed by atoms with van der Waals surface area (Å²) in [5, 5.41) is 0. The van der Waals surface area contributed by atoms with E-state index in [9.17, 15) is 13.6 Å². The van der Waals surface area contributed by atoms with Crippen molar-refractivity contribution in [2.24, 2.45) is 5.92 Å². The highest BCUT2D eigenvalue weighted by Crippen LogP contribution is 2.53. The highest BCUT2D eigenvalue weighted by molar-refractivity contribution is 6.50. The first-order valence-electron chi connectivity index (χ1n) is 5.80. The normalized spacial score (nSPS) is 21.8. The van der Waals surface area contributed by atoms with E-state index in [1.165, 1.54) is 6.92 Å². The van der Waals surface area contributed by atoms with Crippen molar-refractivity contribution >= 4 is 29.2 Å². The standard InChI is InChI=1S/C13H12Cl2F2O2/c1-7(10-4-9(16)2-3-11(10)17)12(18)19-6-8-5-13(8,14)15/h2-4,7-8H,5-6H2,1H3. The van der Waals surface area contributed by atoms with E-state index in [2.05, 4.69) is 0 Å². The van der Waals surface area contributed by atoms with Gasteiger partial charge in [-0.25, -0.2) is 8.78 Å². The van der Waals surface area contributed by atoms with E-state index in [1.54, 1.807) is 0 Å². The summed E-state index contributed by atoms with van der Waals surface area (Å²) < 4.78 is 30.7. The number of rotatable bonds is 4. The van der Waals surface area contributed by atoms with Gasteiger partial charge >= 0.3 is 5.97 Å². The van der Waals surface area contributed by atoms with Gasteiger partial charge in [0.05, 0.1) is 12.5 Å². The molecule has 0 spiro atoms. The lowest BCUT2D eigenvalue weighted by atomic mass is 10.0. The summed E-state index contributed by atoms with van der Waals surface area (Å²) in [6, 6.07) is 2.97. The van der Waals surface area contributed by atoms with E-state index in [4.69, 9.17) is 27.9 Å². The second-order valence-electron chi connectivity index (χ2n) is 4.68. The smallest absolute Gasteiger partial charge is 0.313 e. The maximum atomic E-state index is 13.5. The first kappa shape index (κ1) is 14.5. The third kappa shape index (κ3) is 3.37. The lowest BCUT2D eigenvalue weighted by Gasteiger charge is -2.12. The first-order valence-corrected chi connectivity index (χ1v) is 6.56. The molecule has 1 aliphatic carbocycles. The maximum Gasteiger partial charge on any atom is 0.313 e. The van der Waals surface area contributed by atoms with Crippen molar-refractivity contribution in [1.82, 2.24) is 0 Å². The summed E-state index contributed by atoms with van der Waals surface area (Å²) in [6.07, 6.45) is 0.562. The van der Waals surface area contributed by atoms with E-state index >= 15 is 0 Å². The molecule has 0 heterocycles. The molecule has 0 radical (unpaired) electrons. The molecule has 0 aliphatic heterocycles. The zero-order chi connectivity index (χ0) is 14.2. The van der Waals surface area contributed by atoms with Gasteiger partial charge in [0.2, 0.25) is 0 Å². The largest absolute Gasteiger partial charge is 0.465 e. The second-order valence-corrected chi connectivity index (χ2v) is 6.22. The highest BCUT2D eigenvalue weighted by atomic mass is 35.5. The van der Waals surface area contributed by atoms with Gasteiger partial charge in [0.25, 0.3) is 0 Å². The number of carbonyl (C=O) groups excluding carboxylic acids is 1. The van der Waals surface area contributed by atoms with E-state index in [0.717, 1.165) is 18.2 Å². The Labute approximate surface area is 119 Å². The molecule has 1 aromatic rings. The van der Waals surface area contributed by atoms with Crippen LogP contribution in [0.4, 0.5) is 8.78 Å². The molecule has 0 saturated heterocycles. The number of benzene rings is 1. The lowest BCUT2D eigenvalue weighted by Crippen LogP contribution is -2.17. The molecular formula is C13H12Cl2F2O2. The van der Waals surface area contributed by atoms with Crippen molar-refractivity contribution < 1.29 is 18.3 Å². The molecule has 6 heteroatoms. The zero-order valence-electron chi connectivity index (χ0n) is 10.1. The van der Waals surface area contributed by atoms with Gasteiger partial charge in [-0.05, 0) is 31.5 Å². The summed E-state index contributed by atoms with van der Waals surface area (Å²) in [5.74, 6) is -2.83. The molecule has 0 bridgehead atoms. The molecule has 19 heavy (non-hydrogen) atoms. The molecule has 1 aromatic carbocycles. The second kappa shape index (κ2) is 5.25. The molecule has 0 aromatic heterocycles. The van der Waals surface area contributed by atoms with Crippen LogP contribution >= 0.6 is 23.2 Å². The van der Waals surface area contributed by atoms with Crippen LogP contribution in [0.2, 0.25) is 0 Å². The summed E-state index contributed by atoms with van der Waals surface area (Å²) in [7, 11) is 0. The van der Waals surface area contributed by atoms with Crippen LogP contribution in [0.5, 0.6) is 0 Å². The fraction of sp³-hybridized carbons (Fsp3) is 0.462. The summed E-state index contributed by atoms with van der Waals surface area (Å²) in [5.41, 5.74) is -0.0243.